The van der Waals surface area contributed by atoms with Gasteiger partial charge < -0.3 is 9.84 Å². The van der Waals surface area contributed by atoms with Crippen molar-refractivity contribution in [2.24, 2.45) is 0 Å². The van der Waals surface area contributed by atoms with E-state index in [1.165, 1.54) is 0 Å². The first-order valence-electron chi connectivity index (χ1n) is 6.00. The summed E-state index contributed by atoms with van der Waals surface area (Å²) in [6, 6.07) is 9.81. The standard InChI is InChI=1S/C13H15N3O3/c1-10(7-8-12(17)18)19-13-14-9-16(15-13)11-5-3-2-4-6-11/h2-6,9-10H,7-8H2,1H3,(H,17,18). The van der Waals surface area contributed by atoms with Crippen molar-refractivity contribution >= 4 is 5.97 Å². The summed E-state index contributed by atoms with van der Waals surface area (Å²) < 4.78 is 7.07. The lowest BCUT2D eigenvalue weighted by molar-refractivity contribution is -0.137. The van der Waals surface area contributed by atoms with Crippen LogP contribution in [0, 0.1) is 0 Å². The molecule has 6 nitrogen and oxygen atoms in total. The zero-order chi connectivity index (χ0) is 13.7. The lowest BCUT2D eigenvalue weighted by atomic mass is 10.2. The summed E-state index contributed by atoms with van der Waals surface area (Å²) in [4.78, 5) is 14.5. The number of para-hydroxylation sites is 1. The van der Waals surface area contributed by atoms with Gasteiger partial charge in [-0.1, -0.05) is 18.2 Å². The molecule has 0 saturated heterocycles. The predicted octanol–water partition coefficient (Wildman–Crippen LogP) is 1.90. The Labute approximate surface area is 110 Å². The minimum atomic E-state index is -0.835. The molecule has 100 valence electrons. The highest BCUT2D eigenvalue weighted by molar-refractivity contribution is 5.66. The molecule has 0 aliphatic carbocycles. The van der Waals surface area contributed by atoms with Crippen LogP contribution >= 0.6 is 0 Å². The molecule has 0 aliphatic rings. The number of carboxylic acids is 1. The maximum atomic E-state index is 10.5. The Morgan fingerprint density at radius 1 is 1.42 bits per heavy atom. The number of carboxylic acid groups (broad SMARTS) is 1. The molecule has 0 fully saturated rings. The summed E-state index contributed by atoms with van der Waals surface area (Å²) in [7, 11) is 0. The minimum absolute atomic E-state index is 0.0700. The van der Waals surface area contributed by atoms with E-state index in [2.05, 4.69) is 10.1 Å². The van der Waals surface area contributed by atoms with Crippen molar-refractivity contribution in [3.63, 3.8) is 0 Å². The number of hydrogen-bond donors (Lipinski definition) is 1. The number of rotatable bonds is 6. The topological polar surface area (TPSA) is 77.2 Å². The lowest BCUT2D eigenvalue weighted by Gasteiger charge is -2.09. The van der Waals surface area contributed by atoms with Crippen LogP contribution in [0.3, 0.4) is 0 Å². The SMILES string of the molecule is CC(CCC(=O)O)Oc1ncn(-c2ccccc2)n1. The fourth-order valence-electron chi connectivity index (χ4n) is 1.57. The highest BCUT2D eigenvalue weighted by Crippen LogP contribution is 2.11. The molecule has 0 radical (unpaired) electrons. The Morgan fingerprint density at radius 3 is 2.84 bits per heavy atom. The lowest BCUT2D eigenvalue weighted by Crippen LogP contribution is -2.14. The van der Waals surface area contributed by atoms with Crippen LogP contribution in [0.25, 0.3) is 5.69 Å². The molecule has 1 aromatic heterocycles. The van der Waals surface area contributed by atoms with Crippen molar-refractivity contribution in [1.29, 1.82) is 0 Å². The first-order valence-corrected chi connectivity index (χ1v) is 6.00. The Bertz CT molecular complexity index is 539. The molecule has 1 unspecified atom stereocenters. The van der Waals surface area contributed by atoms with Gasteiger partial charge in [-0.15, -0.1) is 5.10 Å². The maximum Gasteiger partial charge on any atom is 0.336 e. The molecule has 6 heteroatoms. The van der Waals surface area contributed by atoms with Crippen LogP contribution in [0.1, 0.15) is 19.8 Å². The monoisotopic (exact) mass is 261 g/mol. The van der Waals surface area contributed by atoms with Crippen LogP contribution in [-0.2, 0) is 4.79 Å². The second kappa shape index (κ2) is 5.99. The van der Waals surface area contributed by atoms with Crippen molar-refractivity contribution in [3.05, 3.63) is 36.7 Å². The molecular weight excluding hydrogens is 246 g/mol. The molecule has 2 aromatic rings. The van der Waals surface area contributed by atoms with Gasteiger partial charge in [0.05, 0.1) is 11.8 Å². The zero-order valence-corrected chi connectivity index (χ0v) is 10.6. The number of hydrogen-bond acceptors (Lipinski definition) is 4. The third-order valence-electron chi connectivity index (χ3n) is 2.56. The maximum absolute atomic E-state index is 10.5. The second-order valence-corrected chi connectivity index (χ2v) is 4.17. The van der Waals surface area contributed by atoms with E-state index in [1.807, 2.05) is 30.3 Å². The van der Waals surface area contributed by atoms with Crippen molar-refractivity contribution in [1.82, 2.24) is 14.8 Å². The number of carbonyl (C=O) groups is 1. The number of aromatic nitrogens is 3. The van der Waals surface area contributed by atoms with E-state index in [0.717, 1.165) is 5.69 Å². The minimum Gasteiger partial charge on any atom is -0.481 e. The molecule has 1 N–H and O–H groups in total. The van der Waals surface area contributed by atoms with Crippen LogP contribution in [0.15, 0.2) is 36.7 Å². The van der Waals surface area contributed by atoms with E-state index in [0.29, 0.717) is 6.42 Å². The van der Waals surface area contributed by atoms with E-state index in [1.54, 1.807) is 17.9 Å². The first kappa shape index (κ1) is 13.1. The van der Waals surface area contributed by atoms with Crippen LogP contribution in [0.5, 0.6) is 6.01 Å². The Morgan fingerprint density at radius 2 is 2.16 bits per heavy atom. The summed E-state index contributed by atoms with van der Waals surface area (Å²) >= 11 is 0. The van der Waals surface area contributed by atoms with Gasteiger partial charge in [-0.3, -0.25) is 4.79 Å². The Hall–Kier alpha value is -2.37. The van der Waals surface area contributed by atoms with E-state index in [4.69, 9.17) is 9.84 Å². The summed E-state index contributed by atoms with van der Waals surface area (Å²) in [6.07, 6.45) is 1.83. The van der Waals surface area contributed by atoms with Crippen LogP contribution < -0.4 is 4.74 Å². The highest BCUT2D eigenvalue weighted by Gasteiger charge is 2.10. The smallest absolute Gasteiger partial charge is 0.336 e. The summed E-state index contributed by atoms with van der Waals surface area (Å²) in [6.45, 7) is 1.80. The van der Waals surface area contributed by atoms with Gasteiger partial charge in [0.2, 0.25) is 0 Å². The van der Waals surface area contributed by atoms with E-state index in [9.17, 15) is 4.79 Å². The normalized spacial score (nSPS) is 12.1. The molecule has 0 bridgehead atoms. The molecule has 0 aliphatic heterocycles. The van der Waals surface area contributed by atoms with Gasteiger partial charge in [-0.2, -0.15) is 4.98 Å². The van der Waals surface area contributed by atoms with Gasteiger partial charge in [0.25, 0.3) is 0 Å². The number of nitrogens with zero attached hydrogens (tertiary/aromatic N) is 3. The molecule has 0 spiro atoms. The summed E-state index contributed by atoms with van der Waals surface area (Å²) in [5.41, 5.74) is 0.892. The van der Waals surface area contributed by atoms with Gasteiger partial charge in [0.1, 0.15) is 6.33 Å². The molecule has 0 saturated carbocycles. The van der Waals surface area contributed by atoms with Crippen molar-refractivity contribution in [2.45, 2.75) is 25.9 Å². The van der Waals surface area contributed by atoms with Gasteiger partial charge in [0, 0.05) is 6.42 Å². The molecule has 2 rings (SSSR count). The molecule has 1 atom stereocenters. The molecular formula is C13H15N3O3. The average Bonchev–Trinajstić information content (AvgIpc) is 2.86. The number of aliphatic carboxylic acids is 1. The van der Waals surface area contributed by atoms with Crippen LogP contribution in [0.4, 0.5) is 0 Å². The third-order valence-corrected chi connectivity index (χ3v) is 2.56. The average molecular weight is 261 g/mol. The van der Waals surface area contributed by atoms with Crippen molar-refractivity contribution < 1.29 is 14.6 Å². The fourth-order valence-corrected chi connectivity index (χ4v) is 1.57. The van der Waals surface area contributed by atoms with Gasteiger partial charge in [-0.25, -0.2) is 4.68 Å². The summed E-state index contributed by atoms with van der Waals surface area (Å²) in [5.74, 6) is -0.835. The quantitative estimate of drug-likeness (QED) is 0.859. The van der Waals surface area contributed by atoms with Gasteiger partial charge in [-0.05, 0) is 25.5 Å². The molecule has 0 amide bonds. The zero-order valence-electron chi connectivity index (χ0n) is 10.6. The van der Waals surface area contributed by atoms with Gasteiger partial charge in [0.15, 0.2) is 0 Å². The predicted molar refractivity (Wildman–Crippen MR) is 68.3 cm³/mol. The Kier molecular flexibility index (Phi) is 4.12. The Balaban J connectivity index is 1.96. The number of ether oxygens (including phenoxy) is 1. The fraction of sp³-hybridized carbons (Fsp3) is 0.308. The van der Waals surface area contributed by atoms with Crippen LogP contribution in [0.2, 0.25) is 0 Å². The van der Waals surface area contributed by atoms with E-state index in [-0.39, 0.29) is 18.5 Å². The summed E-state index contributed by atoms with van der Waals surface area (Å²) in [5, 5.41) is 12.8. The highest BCUT2D eigenvalue weighted by atomic mass is 16.5. The van der Waals surface area contributed by atoms with Crippen molar-refractivity contribution in [3.8, 4) is 11.7 Å². The molecule has 1 aromatic carbocycles. The second-order valence-electron chi connectivity index (χ2n) is 4.17. The van der Waals surface area contributed by atoms with E-state index >= 15 is 0 Å². The van der Waals surface area contributed by atoms with E-state index < -0.39 is 5.97 Å². The third kappa shape index (κ3) is 3.80. The van der Waals surface area contributed by atoms with Crippen molar-refractivity contribution in [2.75, 3.05) is 0 Å². The first-order chi connectivity index (χ1) is 9.15. The molecule has 19 heavy (non-hydrogen) atoms. The number of benzene rings is 1. The van der Waals surface area contributed by atoms with Crippen LogP contribution in [-0.4, -0.2) is 31.9 Å². The largest absolute Gasteiger partial charge is 0.481 e. The van der Waals surface area contributed by atoms with Gasteiger partial charge >= 0.3 is 12.0 Å². The molecule has 1 heterocycles.